The fraction of sp³-hybridized carbons (Fsp3) is 0.261. The molecule has 1 saturated heterocycles. The van der Waals surface area contributed by atoms with E-state index >= 15 is 0 Å². The Hall–Kier alpha value is -3.30. The van der Waals surface area contributed by atoms with E-state index in [2.05, 4.69) is 17.0 Å². The Labute approximate surface area is 186 Å². The minimum Gasteiger partial charge on any atom is -0.495 e. The number of sulfonamides is 1. The molecule has 4 rings (SSSR count). The van der Waals surface area contributed by atoms with E-state index in [-0.39, 0.29) is 10.5 Å². The molecule has 0 unspecified atom stereocenters. The normalized spacial score (nSPS) is 15.6. The molecule has 1 fully saturated rings. The van der Waals surface area contributed by atoms with Gasteiger partial charge in [-0.3, -0.25) is 9.89 Å². The second-order valence-corrected chi connectivity index (χ2v) is 9.53. The number of aromatic nitrogens is 2. The smallest absolute Gasteiger partial charge is 0.280 e. The lowest BCUT2D eigenvalue weighted by Crippen LogP contribution is -2.35. The average Bonchev–Trinajstić information content (AvgIpc) is 3.11. The van der Waals surface area contributed by atoms with Crippen LogP contribution in [-0.4, -0.2) is 42.7 Å². The minimum atomic E-state index is -3.57. The maximum atomic E-state index is 13.0. The van der Waals surface area contributed by atoms with Crippen LogP contribution in [0.5, 0.6) is 5.75 Å². The predicted octanol–water partition coefficient (Wildman–Crippen LogP) is 1.61. The molecule has 9 heteroatoms. The molecule has 168 valence electrons. The van der Waals surface area contributed by atoms with Gasteiger partial charge in [-0.15, -0.1) is 0 Å². The molecule has 1 aliphatic heterocycles. The number of piperidine rings is 1. The summed E-state index contributed by atoms with van der Waals surface area (Å²) in [5.74, 6) is 0.365. The number of benzene rings is 2. The van der Waals surface area contributed by atoms with Crippen LogP contribution in [0.2, 0.25) is 0 Å². The summed E-state index contributed by atoms with van der Waals surface area (Å²) in [7, 11) is -2.10. The number of rotatable bonds is 6. The van der Waals surface area contributed by atoms with Gasteiger partial charge < -0.3 is 10.1 Å². The van der Waals surface area contributed by atoms with Crippen LogP contribution in [0.25, 0.3) is 18.5 Å². The Balaban J connectivity index is 1.65. The maximum absolute atomic E-state index is 13.0. The van der Waals surface area contributed by atoms with Crippen molar-refractivity contribution in [3.05, 3.63) is 69.5 Å². The summed E-state index contributed by atoms with van der Waals surface area (Å²) in [5, 5.41) is 6.83. The van der Waals surface area contributed by atoms with Crippen LogP contribution < -0.4 is 26.2 Å². The first-order valence-electron chi connectivity index (χ1n) is 10.4. The fourth-order valence-corrected chi connectivity index (χ4v) is 5.29. The highest BCUT2D eigenvalue weighted by molar-refractivity contribution is 7.89. The number of nitrogens with zero attached hydrogens (tertiary/aromatic N) is 2. The lowest BCUT2D eigenvalue weighted by Gasteiger charge is -2.26. The molecule has 0 spiro atoms. The van der Waals surface area contributed by atoms with Crippen molar-refractivity contribution in [2.75, 3.05) is 25.5 Å². The molecule has 2 N–H and O–H groups in total. The van der Waals surface area contributed by atoms with Gasteiger partial charge in [0.15, 0.2) is 0 Å². The largest absolute Gasteiger partial charge is 0.495 e. The van der Waals surface area contributed by atoms with E-state index in [0.717, 1.165) is 19.3 Å². The zero-order chi connectivity index (χ0) is 22.7. The molecule has 32 heavy (non-hydrogen) atoms. The van der Waals surface area contributed by atoms with E-state index in [1.165, 1.54) is 28.4 Å². The quantitative estimate of drug-likeness (QED) is 0.590. The second-order valence-electron chi connectivity index (χ2n) is 7.60. The van der Waals surface area contributed by atoms with Gasteiger partial charge in [-0.25, -0.2) is 13.1 Å². The van der Waals surface area contributed by atoms with Gasteiger partial charge in [0.05, 0.1) is 33.9 Å². The van der Waals surface area contributed by atoms with Crippen LogP contribution in [-0.2, 0) is 10.0 Å². The first-order valence-corrected chi connectivity index (χ1v) is 11.9. The van der Waals surface area contributed by atoms with Crippen LogP contribution in [0.15, 0.2) is 58.2 Å². The summed E-state index contributed by atoms with van der Waals surface area (Å²) in [6.07, 6.45) is 4.33. The molecule has 1 aliphatic rings. The molecule has 0 saturated carbocycles. The lowest BCUT2D eigenvalue weighted by molar-refractivity contribution is 0.346. The zero-order valence-corrected chi connectivity index (χ0v) is 18.7. The molecule has 1 aromatic heterocycles. The number of H-pyrrole nitrogens is 1. The molecular formula is C23H26N4O4S. The second kappa shape index (κ2) is 9.05. The molecule has 0 amide bonds. The molecular weight excluding hydrogens is 428 g/mol. The number of nitrogens with one attached hydrogen (secondary N) is 2. The molecule has 0 bridgehead atoms. The molecule has 2 heterocycles. The first-order chi connectivity index (χ1) is 15.4. The van der Waals surface area contributed by atoms with Crippen molar-refractivity contribution < 1.29 is 13.2 Å². The molecule has 8 nitrogen and oxygen atoms in total. The predicted molar refractivity (Wildman–Crippen MR) is 125 cm³/mol. The van der Waals surface area contributed by atoms with Gasteiger partial charge in [-0.05, 0) is 37.1 Å². The van der Waals surface area contributed by atoms with Crippen molar-refractivity contribution in [1.29, 1.82) is 0 Å². The van der Waals surface area contributed by atoms with Crippen molar-refractivity contribution in [1.82, 2.24) is 14.1 Å². The topological polar surface area (TPSA) is 96.4 Å². The van der Waals surface area contributed by atoms with Crippen molar-refractivity contribution in [3.63, 3.8) is 0 Å². The van der Waals surface area contributed by atoms with Gasteiger partial charge >= 0.3 is 0 Å². The fourth-order valence-electron chi connectivity index (χ4n) is 3.76. The number of para-hydroxylation sites is 1. The molecule has 0 radical (unpaired) electrons. The highest BCUT2D eigenvalue weighted by Gasteiger charge is 2.26. The summed E-state index contributed by atoms with van der Waals surface area (Å²) < 4.78 is 34.3. The standard InChI is InChI=1S/C23H26N4O4S/c1-17-20(23(28)27(25-17)18-9-5-3-6-10-18)16-24-21-12-11-19(15-22(21)31-2)32(29,30)26-13-7-4-8-14-26/h3,5-6,9-12,15-16,24-25H,1,4,7-8,13-14H2,2H3/b20-16-. The van der Waals surface area contributed by atoms with Crippen LogP contribution in [0, 0.1) is 0 Å². The third-order valence-electron chi connectivity index (χ3n) is 5.52. The highest BCUT2D eigenvalue weighted by Crippen LogP contribution is 2.30. The van der Waals surface area contributed by atoms with Crippen molar-refractivity contribution in [3.8, 4) is 11.4 Å². The Kier molecular flexibility index (Phi) is 6.20. The van der Waals surface area contributed by atoms with E-state index < -0.39 is 10.0 Å². The van der Waals surface area contributed by atoms with Crippen molar-refractivity contribution >= 4 is 28.5 Å². The van der Waals surface area contributed by atoms with Gasteiger partial charge in [0.2, 0.25) is 10.0 Å². The van der Waals surface area contributed by atoms with E-state index in [9.17, 15) is 13.2 Å². The number of anilines is 1. The third-order valence-corrected chi connectivity index (χ3v) is 7.41. The number of hydrogen-bond donors (Lipinski definition) is 2. The Morgan fingerprint density at radius 2 is 1.81 bits per heavy atom. The summed E-state index contributed by atoms with van der Waals surface area (Å²) in [6.45, 7) is 4.98. The van der Waals surface area contributed by atoms with Gasteiger partial charge in [0.25, 0.3) is 5.56 Å². The van der Waals surface area contributed by atoms with Crippen molar-refractivity contribution in [2.45, 2.75) is 24.2 Å². The molecule has 0 atom stereocenters. The minimum absolute atomic E-state index is 0.188. The van der Waals surface area contributed by atoms with Crippen LogP contribution >= 0.6 is 0 Å². The lowest BCUT2D eigenvalue weighted by atomic mass is 10.2. The van der Waals surface area contributed by atoms with E-state index in [1.807, 2.05) is 30.3 Å². The van der Waals surface area contributed by atoms with Crippen LogP contribution in [0.1, 0.15) is 19.3 Å². The summed E-state index contributed by atoms with van der Waals surface area (Å²) >= 11 is 0. The molecule has 2 aromatic carbocycles. The molecule has 3 aromatic rings. The first kappa shape index (κ1) is 21.9. The average molecular weight is 455 g/mol. The van der Waals surface area contributed by atoms with E-state index in [4.69, 9.17) is 4.74 Å². The van der Waals surface area contributed by atoms with Gasteiger partial charge in [-0.2, -0.15) is 4.31 Å². The monoisotopic (exact) mass is 454 g/mol. The number of hydrogen-bond acceptors (Lipinski definition) is 5. The zero-order valence-electron chi connectivity index (χ0n) is 17.9. The van der Waals surface area contributed by atoms with E-state index in [0.29, 0.717) is 40.8 Å². The van der Waals surface area contributed by atoms with Crippen molar-refractivity contribution in [2.24, 2.45) is 0 Å². The van der Waals surface area contributed by atoms with Crippen LogP contribution in [0.4, 0.5) is 5.69 Å². The van der Waals surface area contributed by atoms with Gasteiger partial charge in [-0.1, -0.05) is 31.2 Å². The summed E-state index contributed by atoms with van der Waals surface area (Å²) in [5.41, 5.74) is 0.986. The SMILES string of the molecule is C=c1[nH]n(-c2ccccc2)c(=O)/c1=C\Nc1ccc(S(=O)(=O)N2CCCCC2)cc1OC. The van der Waals surface area contributed by atoms with Crippen LogP contribution in [0.3, 0.4) is 0 Å². The number of aromatic amines is 1. The number of ether oxygens (including phenoxy) is 1. The van der Waals surface area contributed by atoms with Gasteiger partial charge in [0.1, 0.15) is 5.75 Å². The summed E-state index contributed by atoms with van der Waals surface area (Å²) in [6, 6.07) is 13.9. The number of methoxy groups -OCH3 is 1. The third kappa shape index (κ3) is 4.21. The van der Waals surface area contributed by atoms with E-state index in [1.54, 1.807) is 12.1 Å². The Bertz CT molecular complexity index is 1370. The highest BCUT2D eigenvalue weighted by atomic mass is 32.2. The molecule has 0 aliphatic carbocycles. The maximum Gasteiger partial charge on any atom is 0.280 e. The Morgan fingerprint density at radius 3 is 2.50 bits per heavy atom. The van der Waals surface area contributed by atoms with Gasteiger partial charge in [0, 0.05) is 25.4 Å². The summed E-state index contributed by atoms with van der Waals surface area (Å²) in [4.78, 5) is 13.0. The Morgan fingerprint density at radius 1 is 1.09 bits per heavy atom.